The van der Waals surface area contributed by atoms with Crippen molar-refractivity contribution >= 4 is 34.6 Å². The molecule has 0 radical (unpaired) electrons. The molecule has 3 nitrogen and oxygen atoms in total. The first-order valence-electron chi connectivity index (χ1n) is 7.50. The molecule has 1 unspecified atom stereocenters. The number of para-hydroxylation sites is 1. The van der Waals surface area contributed by atoms with Crippen LogP contribution in [0.1, 0.15) is 4.88 Å². The van der Waals surface area contributed by atoms with Crippen molar-refractivity contribution in [2.45, 2.75) is 6.10 Å². The molecule has 0 aliphatic carbocycles. The van der Waals surface area contributed by atoms with Crippen molar-refractivity contribution in [2.75, 3.05) is 18.2 Å². The van der Waals surface area contributed by atoms with E-state index in [2.05, 4.69) is 46.9 Å². The SMILES string of the molecule is C(=NN(CC1CO1)c1ccccc1)c1ccc(-c2cccs2)s1. The standard InChI is InChI=1S/C18H16N2OS2/c1-2-5-14(6-3-1)20(12-15-13-21-15)19-11-16-8-9-18(23-16)17-7-4-10-22-17/h1-11,15H,12-13H2. The molecule has 116 valence electrons. The first kappa shape index (κ1) is 14.6. The lowest BCUT2D eigenvalue weighted by atomic mass is 10.3. The summed E-state index contributed by atoms with van der Waals surface area (Å²) in [5.74, 6) is 0. The first-order chi connectivity index (χ1) is 11.4. The van der Waals surface area contributed by atoms with Crippen molar-refractivity contribution in [1.82, 2.24) is 0 Å². The van der Waals surface area contributed by atoms with E-state index in [4.69, 9.17) is 4.74 Å². The molecule has 2 aromatic heterocycles. The average molecular weight is 340 g/mol. The van der Waals surface area contributed by atoms with Gasteiger partial charge in [-0.1, -0.05) is 24.3 Å². The van der Waals surface area contributed by atoms with Gasteiger partial charge in [0.2, 0.25) is 0 Å². The minimum Gasteiger partial charge on any atom is -0.371 e. The number of epoxide rings is 1. The lowest BCUT2D eigenvalue weighted by molar-refractivity contribution is 0.408. The number of benzene rings is 1. The van der Waals surface area contributed by atoms with E-state index in [1.807, 2.05) is 29.4 Å². The highest BCUT2D eigenvalue weighted by molar-refractivity contribution is 7.22. The number of thiophene rings is 2. The van der Waals surface area contributed by atoms with Crippen LogP contribution in [-0.4, -0.2) is 25.5 Å². The van der Waals surface area contributed by atoms with Gasteiger partial charge in [0.1, 0.15) is 6.10 Å². The minimum atomic E-state index is 0.303. The van der Waals surface area contributed by atoms with Gasteiger partial charge in [0, 0.05) is 14.6 Å². The van der Waals surface area contributed by atoms with E-state index >= 15 is 0 Å². The van der Waals surface area contributed by atoms with Gasteiger partial charge in [-0.3, -0.25) is 5.01 Å². The maximum Gasteiger partial charge on any atom is 0.101 e. The molecule has 23 heavy (non-hydrogen) atoms. The quantitative estimate of drug-likeness (QED) is 0.369. The lowest BCUT2D eigenvalue weighted by Crippen LogP contribution is -2.21. The van der Waals surface area contributed by atoms with Gasteiger partial charge >= 0.3 is 0 Å². The molecule has 0 spiro atoms. The molecular formula is C18H16N2OS2. The molecule has 0 amide bonds. The predicted octanol–water partition coefficient (Wildman–Crippen LogP) is 4.72. The third-order valence-corrected chi connectivity index (χ3v) is 5.63. The first-order valence-corrected chi connectivity index (χ1v) is 9.20. The van der Waals surface area contributed by atoms with Crippen LogP contribution in [0.4, 0.5) is 5.69 Å². The summed E-state index contributed by atoms with van der Waals surface area (Å²) in [7, 11) is 0. The Balaban J connectivity index is 1.52. The van der Waals surface area contributed by atoms with E-state index in [9.17, 15) is 0 Å². The topological polar surface area (TPSA) is 28.1 Å². The summed E-state index contributed by atoms with van der Waals surface area (Å²) in [5.41, 5.74) is 1.09. The molecule has 3 aromatic rings. The van der Waals surface area contributed by atoms with E-state index in [1.165, 1.54) is 9.75 Å². The van der Waals surface area contributed by atoms with Crippen LogP contribution in [0.2, 0.25) is 0 Å². The monoisotopic (exact) mass is 340 g/mol. The summed E-state index contributed by atoms with van der Waals surface area (Å²) < 4.78 is 5.35. The molecule has 0 bridgehead atoms. The molecular weight excluding hydrogens is 324 g/mol. The number of hydrazone groups is 1. The third-order valence-electron chi connectivity index (χ3n) is 3.55. The second-order valence-corrected chi connectivity index (χ2v) is 7.36. The zero-order chi connectivity index (χ0) is 15.5. The van der Waals surface area contributed by atoms with Crippen LogP contribution in [-0.2, 0) is 4.74 Å². The number of rotatable bonds is 6. The van der Waals surface area contributed by atoms with Crippen molar-refractivity contribution in [3.63, 3.8) is 0 Å². The van der Waals surface area contributed by atoms with E-state index in [-0.39, 0.29) is 0 Å². The second kappa shape index (κ2) is 6.66. The van der Waals surface area contributed by atoms with Crippen molar-refractivity contribution in [3.8, 4) is 9.75 Å². The smallest absolute Gasteiger partial charge is 0.101 e. The summed E-state index contributed by atoms with van der Waals surface area (Å²) in [4.78, 5) is 3.75. The maximum absolute atomic E-state index is 5.35. The van der Waals surface area contributed by atoms with Crippen molar-refractivity contribution in [3.05, 3.63) is 64.9 Å². The minimum absolute atomic E-state index is 0.303. The Hall–Kier alpha value is -1.95. The molecule has 1 saturated heterocycles. The van der Waals surface area contributed by atoms with Gasteiger partial charge in [0.15, 0.2) is 0 Å². The summed E-state index contributed by atoms with van der Waals surface area (Å²) in [5, 5.41) is 8.80. The van der Waals surface area contributed by atoms with E-state index in [0.29, 0.717) is 6.10 Å². The van der Waals surface area contributed by atoms with Crippen LogP contribution in [0.25, 0.3) is 9.75 Å². The van der Waals surface area contributed by atoms with Gasteiger partial charge in [-0.25, -0.2) is 0 Å². The average Bonchev–Trinajstić information content (AvgIpc) is 3.05. The van der Waals surface area contributed by atoms with Crippen LogP contribution < -0.4 is 5.01 Å². The molecule has 1 aliphatic heterocycles. The zero-order valence-electron chi connectivity index (χ0n) is 12.5. The second-order valence-electron chi connectivity index (χ2n) is 5.30. The molecule has 1 aliphatic rings. The highest BCUT2D eigenvalue weighted by atomic mass is 32.1. The van der Waals surface area contributed by atoms with E-state index in [1.54, 1.807) is 22.7 Å². The molecule has 0 saturated carbocycles. The van der Waals surface area contributed by atoms with Gasteiger partial charge in [0.05, 0.1) is 25.1 Å². The Kier molecular flexibility index (Phi) is 4.24. The number of hydrogen-bond donors (Lipinski definition) is 0. The number of anilines is 1. The molecule has 4 rings (SSSR count). The van der Waals surface area contributed by atoms with Gasteiger partial charge < -0.3 is 4.74 Å². The predicted molar refractivity (Wildman–Crippen MR) is 98.8 cm³/mol. The fourth-order valence-electron chi connectivity index (χ4n) is 2.29. The normalized spacial score (nSPS) is 16.8. The highest BCUT2D eigenvalue weighted by Gasteiger charge is 2.25. The Bertz CT molecular complexity index is 776. The summed E-state index contributed by atoms with van der Waals surface area (Å²) in [6.45, 7) is 1.63. The van der Waals surface area contributed by atoms with Crippen LogP contribution >= 0.6 is 22.7 Å². The fraction of sp³-hybridized carbons (Fsp3) is 0.167. The number of ether oxygens (including phenoxy) is 1. The van der Waals surface area contributed by atoms with Crippen LogP contribution in [0.3, 0.4) is 0 Å². The Morgan fingerprint density at radius 2 is 1.96 bits per heavy atom. The zero-order valence-corrected chi connectivity index (χ0v) is 14.1. The Morgan fingerprint density at radius 1 is 1.09 bits per heavy atom. The van der Waals surface area contributed by atoms with Crippen LogP contribution in [0.15, 0.2) is 65.1 Å². The maximum atomic E-state index is 5.35. The van der Waals surface area contributed by atoms with Crippen molar-refractivity contribution < 1.29 is 4.74 Å². The van der Waals surface area contributed by atoms with Gasteiger partial charge in [-0.15, -0.1) is 22.7 Å². The largest absolute Gasteiger partial charge is 0.371 e. The van der Waals surface area contributed by atoms with Crippen molar-refractivity contribution in [2.24, 2.45) is 5.10 Å². The number of nitrogens with zero attached hydrogens (tertiary/aromatic N) is 2. The van der Waals surface area contributed by atoms with E-state index in [0.717, 1.165) is 23.7 Å². The van der Waals surface area contributed by atoms with Gasteiger partial charge in [0.25, 0.3) is 0 Å². The van der Waals surface area contributed by atoms with Crippen LogP contribution in [0, 0.1) is 0 Å². The summed E-state index contributed by atoms with van der Waals surface area (Å²) in [6.07, 6.45) is 2.24. The fourth-order valence-corrected chi connectivity index (χ4v) is 3.99. The Morgan fingerprint density at radius 3 is 2.70 bits per heavy atom. The van der Waals surface area contributed by atoms with Gasteiger partial charge in [-0.05, 0) is 35.7 Å². The molecule has 3 heterocycles. The highest BCUT2D eigenvalue weighted by Crippen LogP contribution is 2.31. The van der Waals surface area contributed by atoms with Gasteiger partial charge in [-0.2, -0.15) is 5.10 Å². The van der Waals surface area contributed by atoms with Crippen molar-refractivity contribution in [1.29, 1.82) is 0 Å². The Labute approximate surface area is 143 Å². The van der Waals surface area contributed by atoms with Crippen LogP contribution in [0.5, 0.6) is 0 Å². The molecule has 0 N–H and O–H groups in total. The summed E-state index contributed by atoms with van der Waals surface area (Å²) in [6, 6.07) is 18.8. The van der Waals surface area contributed by atoms with E-state index < -0.39 is 0 Å². The molecule has 1 atom stereocenters. The number of hydrogen-bond acceptors (Lipinski definition) is 5. The lowest BCUT2D eigenvalue weighted by Gasteiger charge is -2.17. The molecule has 1 aromatic carbocycles. The third kappa shape index (κ3) is 3.69. The summed E-state index contributed by atoms with van der Waals surface area (Å²) >= 11 is 3.53. The molecule has 5 heteroatoms. The molecule has 1 fully saturated rings.